The molecule has 0 spiro atoms. The van der Waals surface area contributed by atoms with Crippen LogP contribution in [0.5, 0.6) is 11.5 Å². The van der Waals surface area contributed by atoms with Crippen molar-refractivity contribution in [2.45, 2.75) is 0 Å². The smallest absolute Gasteiger partial charge is 0.250 e. The van der Waals surface area contributed by atoms with Crippen LogP contribution < -0.4 is 11.5 Å². The van der Waals surface area contributed by atoms with Gasteiger partial charge in [0.25, 0.3) is 5.91 Å². The van der Waals surface area contributed by atoms with Crippen LogP contribution in [0.15, 0.2) is 12.1 Å². The van der Waals surface area contributed by atoms with E-state index in [1.807, 2.05) is 0 Å². The van der Waals surface area contributed by atoms with Gasteiger partial charge in [-0.25, -0.2) is 0 Å². The Labute approximate surface area is 68.2 Å². The second kappa shape index (κ2) is 2.61. The van der Waals surface area contributed by atoms with Crippen molar-refractivity contribution in [3.63, 3.8) is 0 Å². The maximum atomic E-state index is 10.6. The quantitative estimate of drug-likeness (QED) is 0.264. The van der Waals surface area contributed by atoms with Crippen LogP contribution in [-0.2, 0) is 0 Å². The van der Waals surface area contributed by atoms with Gasteiger partial charge in [0.2, 0.25) is 0 Å². The lowest BCUT2D eigenvalue weighted by Crippen LogP contribution is -2.13. The third-order valence-corrected chi connectivity index (χ3v) is 1.41. The van der Waals surface area contributed by atoms with Gasteiger partial charge >= 0.3 is 0 Å². The molecule has 0 heterocycles. The van der Waals surface area contributed by atoms with Gasteiger partial charge in [-0.05, 0) is 6.07 Å². The maximum absolute atomic E-state index is 10.6. The molecule has 5 nitrogen and oxygen atoms in total. The fourth-order valence-corrected chi connectivity index (χ4v) is 0.806. The summed E-state index contributed by atoms with van der Waals surface area (Å²) >= 11 is 0. The third kappa shape index (κ3) is 1.24. The Kier molecular flexibility index (Phi) is 1.78. The molecule has 0 atom stereocenters. The maximum Gasteiger partial charge on any atom is 0.250 e. The van der Waals surface area contributed by atoms with Crippen LogP contribution in [-0.4, -0.2) is 16.1 Å². The molecule has 0 fully saturated rings. The molecule has 0 aliphatic heterocycles. The Morgan fingerprint density at radius 3 is 2.25 bits per heavy atom. The zero-order valence-electron chi connectivity index (χ0n) is 6.11. The molecule has 0 aliphatic carbocycles. The van der Waals surface area contributed by atoms with Gasteiger partial charge in [0.1, 0.15) is 0 Å². The van der Waals surface area contributed by atoms with Crippen molar-refractivity contribution in [3.8, 4) is 11.5 Å². The summed E-state index contributed by atoms with van der Waals surface area (Å²) in [4.78, 5) is 10.6. The second-order valence-electron chi connectivity index (χ2n) is 2.29. The van der Waals surface area contributed by atoms with Crippen LogP contribution in [0.4, 0.5) is 5.69 Å². The summed E-state index contributed by atoms with van der Waals surface area (Å²) in [7, 11) is 0. The average Bonchev–Trinajstić information content (AvgIpc) is 1.96. The van der Waals surface area contributed by atoms with E-state index in [9.17, 15) is 4.79 Å². The highest BCUT2D eigenvalue weighted by molar-refractivity contribution is 5.98. The molecule has 0 saturated heterocycles. The number of nitrogen functional groups attached to an aromatic ring is 1. The van der Waals surface area contributed by atoms with Crippen LogP contribution in [0.2, 0.25) is 0 Å². The third-order valence-electron chi connectivity index (χ3n) is 1.41. The fourth-order valence-electron chi connectivity index (χ4n) is 0.806. The van der Waals surface area contributed by atoms with Crippen LogP contribution >= 0.6 is 0 Å². The minimum absolute atomic E-state index is 0.00898. The van der Waals surface area contributed by atoms with Gasteiger partial charge in [-0.3, -0.25) is 4.79 Å². The molecule has 5 heteroatoms. The fraction of sp³-hybridized carbons (Fsp3) is 0. The van der Waals surface area contributed by atoms with Gasteiger partial charge < -0.3 is 21.7 Å². The number of amides is 1. The van der Waals surface area contributed by atoms with E-state index < -0.39 is 11.7 Å². The van der Waals surface area contributed by atoms with E-state index in [1.54, 1.807) is 0 Å². The monoisotopic (exact) mass is 168 g/mol. The normalized spacial score (nSPS) is 9.67. The highest BCUT2D eigenvalue weighted by Crippen LogP contribution is 2.29. The lowest BCUT2D eigenvalue weighted by molar-refractivity contribution is 0.100. The summed E-state index contributed by atoms with van der Waals surface area (Å²) in [6, 6.07) is 2.09. The van der Waals surface area contributed by atoms with Gasteiger partial charge in [0, 0.05) is 11.8 Å². The van der Waals surface area contributed by atoms with Gasteiger partial charge in [-0.15, -0.1) is 0 Å². The molecule has 1 rings (SSSR count). The molecule has 1 aromatic rings. The number of nitrogens with two attached hydrogens (primary N) is 2. The molecular weight excluding hydrogens is 160 g/mol. The van der Waals surface area contributed by atoms with Crippen LogP contribution in [0, 0.1) is 0 Å². The number of aromatic hydroxyl groups is 2. The number of benzene rings is 1. The minimum Gasteiger partial charge on any atom is -0.504 e. The average molecular weight is 168 g/mol. The lowest BCUT2D eigenvalue weighted by Gasteiger charge is -2.03. The van der Waals surface area contributed by atoms with E-state index >= 15 is 0 Å². The number of phenolic OH excluding ortho intramolecular Hbond substituents is 2. The van der Waals surface area contributed by atoms with Crippen LogP contribution in [0.25, 0.3) is 0 Å². The van der Waals surface area contributed by atoms with Crippen LogP contribution in [0.3, 0.4) is 0 Å². The molecular formula is C7H8N2O3. The zero-order valence-corrected chi connectivity index (χ0v) is 6.11. The van der Waals surface area contributed by atoms with Crippen molar-refractivity contribution >= 4 is 11.6 Å². The Morgan fingerprint density at radius 1 is 1.25 bits per heavy atom. The predicted octanol–water partition coefficient (Wildman–Crippen LogP) is -0.221. The number of hydrogen-bond acceptors (Lipinski definition) is 4. The molecule has 64 valence electrons. The molecule has 0 radical (unpaired) electrons. The van der Waals surface area contributed by atoms with Gasteiger partial charge in [-0.2, -0.15) is 0 Å². The topological polar surface area (TPSA) is 110 Å². The first kappa shape index (κ1) is 8.19. The number of anilines is 1. The van der Waals surface area contributed by atoms with E-state index in [4.69, 9.17) is 21.7 Å². The molecule has 6 N–H and O–H groups in total. The van der Waals surface area contributed by atoms with Crippen molar-refractivity contribution in [2.24, 2.45) is 5.73 Å². The summed E-state index contributed by atoms with van der Waals surface area (Å²) in [5, 5.41) is 17.9. The Bertz CT molecular complexity index is 336. The van der Waals surface area contributed by atoms with Gasteiger partial charge in [0.15, 0.2) is 11.5 Å². The van der Waals surface area contributed by atoms with E-state index in [0.29, 0.717) is 0 Å². The van der Waals surface area contributed by atoms with E-state index in [-0.39, 0.29) is 17.0 Å². The Balaban J connectivity index is 3.33. The second-order valence-corrected chi connectivity index (χ2v) is 2.29. The number of rotatable bonds is 1. The zero-order chi connectivity index (χ0) is 9.30. The highest BCUT2D eigenvalue weighted by atomic mass is 16.3. The molecule has 12 heavy (non-hydrogen) atoms. The minimum atomic E-state index is -0.747. The largest absolute Gasteiger partial charge is 0.504 e. The first-order valence-electron chi connectivity index (χ1n) is 3.13. The van der Waals surface area contributed by atoms with Crippen molar-refractivity contribution in [1.82, 2.24) is 0 Å². The number of carbonyl (C=O) groups is 1. The van der Waals surface area contributed by atoms with Crippen molar-refractivity contribution in [2.75, 3.05) is 5.73 Å². The molecule has 1 amide bonds. The first-order valence-corrected chi connectivity index (χ1v) is 3.13. The standard InChI is InChI=1S/C7H8N2O3/c8-4-2-6(11)5(10)1-3(4)7(9)12/h1-2,10-11H,8H2,(H2,9,12). The molecule has 0 aromatic heterocycles. The van der Waals surface area contributed by atoms with E-state index in [0.717, 1.165) is 12.1 Å². The predicted molar refractivity (Wildman–Crippen MR) is 42.7 cm³/mol. The molecule has 0 unspecified atom stereocenters. The summed E-state index contributed by atoms with van der Waals surface area (Å²) in [5.41, 5.74) is 10.3. The molecule has 0 bridgehead atoms. The first-order chi connectivity index (χ1) is 5.52. The van der Waals surface area contributed by atoms with Crippen molar-refractivity contribution in [3.05, 3.63) is 17.7 Å². The van der Waals surface area contributed by atoms with Crippen molar-refractivity contribution in [1.29, 1.82) is 0 Å². The number of primary amides is 1. The summed E-state index contributed by atoms with van der Waals surface area (Å²) in [6.07, 6.45) is 0. The molecule has 0 saturated carbocycles. The lowest BCUT2D eigenvalue weighted by atomic mass is 10.1. The summed E-state index contributed by atoms with van der Waals surface area (Å²) in [5.74, 6) is -1.54. The highest BCUT2D eigenvalue weighted by Gasteiger charge is 2.09. The molecule has 1 aromatic carbocycles. The Morgan fingerprint density at radius 2 is 1.75 bits per heavy atom. The van der Waals surface area contributed by atoms with Crippen LogP contribution in [0.1, 0.15) is 10.4 Å². The number of phenols is 2. The van der Waals surface area contributed by atoms with E-state index in [1.165, 1.54) is 0 Å². The number of carbonyl (C=O) groups excluding carboxylic acids is 1. The molecule has 0 aliphatic rings. The van der Waals surface area contributed by atoms with Gasteiger partial charge in [-0.1, -0.05) is 0 Å². The SMILES string of the molecule is NC(=O)c1cc(O)c(O)cc1N. The van der Waals surface area contributed by atoms with Gasteiger partial charge in [0.05, 0.1) is 5.56 Å². The number of hydrogen-bond donors (Lipinski definition) is 4. The van der Waals surface area contributed by atoms with E-state index in [2.05, 4.69) is 0 Å². The Hall–Kier alpha value is -1.91. The summed E-state index contributed by atoms with van der Waals surface area (Å²) in [6.45, 7) is 0. The summed E-state index contributed by atoms with van der Waals surface area (Å²) < 4.78 is 0. The van der Waals surface area contributed by atoms with Crippen molar-refractivity contribution < 1.29 is 15.0 Å².